The average molecular weight is 581 g/mol. The molecule has 4 rings (SSSR count). The minimum absolute atomic E-state index is 0.347. The minimum Gasteiger partial charge on any atom is -0.497 e. The molecule has 0 saturated heterocycles. The van der Waals surface area contributed by atoms with Gasteiger partial charge in [-0.05, 0) is 78.1 Å². The molecule has 5 N–H and O–H groups in total. The molecule has 0 aromatic heterocycles. The van der Waals surface area contributed by atoms with E-state index in [0.717, 1.165) is 22.6 Å². The van der Waals surface area contributed by atoms with E-state index >= 15 is 0 Å². The Morgan fingerprint density at radius 1 is 0.674 bits per heavy atom. The first-order valence-corrected chi connectivity index (χ1v) is 13.9. The maximum Gasteiger partial charge on any atom is 0.255 e. The summed E-state index contributed by atoms with van der Waals surface area (Å²) >= 11 is 0. The largest absolute Gasteiger partial charge is 0.497 e. The molecular weight excluding hydrogens is 544 g/mol. The number of hydrogen-bond acceptors (Lipinski definition) is 6. The van der Waals surface area contributed by atoms with E-state index in [2.05, 4.69) is 16.0 Å². The van der Waals surface area contributed by atoms with Crippen molar-refractivity contribution >= 4 is 29.1 Å². The van der Waals surface area contributed by atoms with Crippen LogP contribution in [0.2, 0.25) is 0 Å². The number of nitrogens with two attached hydrogens (primary N) is 1. The fraction of sp³-hybridized carbons (Fsp3) is 0.206. The predicted octanol–water partition coefficient (Wildman–Crippen LogP) is 4.34. The number of benzene rings is 4. The Bertz CT molecular complexity index is 1450. The van der Waals surface area contributed by atoms with Crippen LogP contribution in [-0.4, -0.2) is 45.0 Å². The van der Waals surface area contributed by atoms with Gasteiger partial charge in [0.1, 0.15) is 17.4 Å². The monoisotopic (exact) mass is 580 g/mol. The summed E-state index contributed by atoms with van der Waals surface area (Å²) in [5.41, 5.74) is 9.78. The van der Waals surface area contributed by atoms with Gasteiger partial charge in [-0.15, -0.1) is 0 Å². The zero-order valence-corrected chi connectivity index (χ0v) is 24.3. The highest BCUT2D eigenvalue weighted by Crippen LogP contribution is 2.21. The summed E-state index contributed by atoms with van der Waals surface area (Å²) in [5.74, 6) is -0.802. The van der Waals surface area contributed by atoms with Crippen molar-refractivity contribution in [3.8, 4) is 11.5 Å². The van der Waals surface area contributed by atoms with Crippen molar-refractivity contribution in [3.05, 3.63) is 119 Å². The SMILES string of the molecule is COc1ccc(CCNC(=O)C(C(=O)NCCc2ccc(OC)cc2)c2ccc(C(=O)Nc3ccccc3N)cc2)cc1. The lowest BCUT2D eigenvalue weighted by atomic mass is 9.95. The van der Waals surface area contributed by atoms with Crippen LogP contribution in [0.25, 0.3) is 0 Å². The summed E-state index contributed by atoms with van der Waals surface area (Å²) in [6, 6.07) is 28.6. The zero-order valence-electron chi connectivity index (χ0n) is 24.3. The van der Waals surface area contributed by atoms with Gasteiger partial charge in [0.25, 0.3) is 5.91 Å². The topological polar surface area (TPSA) is 132 Å². The maximum atomic E-state index is 13.4. The molecule has 9 nitrogen and oxygen atoms in total. The Morgan fingerprint density at radius 3 is 1.63 bits per heavy atom. The van der Waals surface area contributed by atoms with E-state index in [1.807, 2.05) is 48.5 Å². The Hall–Kier alpha value is -5.31. The van der Waals surface area contributed by atoms with Gasteiger partial charge in [0.05, 0.1) is 25.6 Å². The van der Waals surface area contributed by atoms with Crippen LogP contribution < -0.4 is 31.2 Å². The first kappa shape index (κ1) is 30.6. The smallest absolute Gasteiger partial charge is 0.255 e. The molecule has 0 bridgehead atoms. The summed E-state index contributed by atoms with van der Waals surface area (Å²) in [5, 5.41) is 8.58. The molecule has 0 aliphatic rings. The Labute approximate surface area is 251 Å². The summed E-state index contributed by atoms with van der Waals surface area (Å²) in [4.78, 5) is 39.6. The summed E-state index contributed by atoms with van der Waals surface area (Å²) < 4.78 is 10.4. The van der Waals surface area contributed by atoms with Crippen molar-refractivity contribution < 1.29 is 23.9 Å². The third kappa shape index (κ3) is 8.59. The lowest BCUT2D eigenvalue weighted by molar-refractivity contribution is -0.131. The van der Waals surface area contributed by atoms with Crippen LogP contribution in [0.5, 0.6) is 11.5 Å². The molecule has 0 aliphatic heterocycles. The van der Waals surface area contributed by atoms with Crippen molar-refractivity contribution in [2.45, 2.75) is 18.8 Å². The number of nitrogen functional groups attached to an aromatic ring is 1. The maximum absolute atomic E-state index is 13.4. The lowest BCUT2D eigenvalue weighted by Crippen LogP contribution is -2.41. The molecule has 4 aromatic carbocycles. The average Bonchev–Trinajstić information content (AvgIpc) is 3.03. The molecule has 9 heteroatoms. The number of amides is 3. The van der Waals surface area contributed by atoms with Crippen molar-refractivity contribution in [3.63, 3.8) is 0 Å². The number of ether oxygens (including phenoxy) is 2. The number of carbonyl (C=O) groups is 3. The van der Waals surface area contributed by atoms with Gasteiger partial charge in [0, 0.05) is 18.7 Å². The van der Waals surface area contributed by atoms with Crippen molar-refractivity contribution in [1.29, 1.82) is 0 Å². The number of rotatable bonds is 13. The minimum atomic E-state index is -1.10. The van der Waals surface area contributed by atoms with E-state index in [1.54, 1.807) is 62.8 Å². The molecular formula is C34H36N4O5. The first-order valence-electron chi connectivity index (χ1n) is 13.9. The van der Waals surface area contributed by atoms with Crippen LogP contribution in [-0.2, 0) is 22.4 Å². The van der Waals surface area contributed by atoms with Crippen LogP contribution in [0, 0.1) is 0 Å². The van der Waals surface area contributed by atoms with Crippen LogP contribution in [0.1, 0.15) is 33.0 Å². The molecule has 4 aromatic rings. The van der Waals surface area contributed by atoms with Crippen LogP contribution in [0.15, 0.2) is 97.1 Å². The van der Waals surface area contributed by atoms with Gasteiger partial charge in [0.2, 0.25) is 11.8 Å². The number of hydrogen-bond donors (Lipinski definition) is 4. The number of para-hydroxylation sites is 2. The fourth-order valence-corrected chi connectivity index (χ4v) is 4.50. The molecule has 3 amide bonds. The molecule has 222 valence electrons. The molecule has 0 fully saturated rings. The molecule has 0 heterocycles. The Morgan fingerprint density at radius 2 is 1.16 bits per heavy atom. The second-order valence-corrected chi connectivity index (χ2v) is 9.87. The van der Waals surface area contributed by atoms with E-state index in [4.69, 9.17) is 15.2 Å². The van der Waals surface area contributed by atoms with Crippen LogP contribution >= 0.6 is 0 Å². The number of carbonyl (C=O) groups excluding carboxylic acids is 3. The second-order valence-electron chi connectivity index (χ2n) is 9.87. The molecule has 0 atom stereocenters. The van der Waals surface area contributed by atoms with Crippen molar-refractivity contribution in [2.24, 2.45) is 0 Å². The van der Waals surface area contributed by atoms with Gasteiger partial charge in [0.15, 0.2) is 0 Å². The lowest BCUT2D eigenvalue weighted by Gasteiger charge is -2.18. The highest BCUT2D eigenvalue weighted by molar-refractivity contribution is 6.07. The predicted molar refractivity (Wildman–Crippen MR) is 167 cm³/mol. The molecule has 0 unspecified atom stereocenters. The summed E-state index contributed by atoms with van der Waals surface area (Å²) in [6.07, 6.45) is 1.17. The van der Waals surface area contributed by atoms with Crippen LogP contribution in [0.4, 0.5) is 11.4 Å². The third-order valence-corrected chi connectivity index (χ3v) is 6.98. The Balaban J connectivity index is 1.44. The van der Waals surface area contributed by atoms with E-state index in [9.17, 15) is 14.4 Å². The first-order chi connectivity index (χ1) is 20.9. The highest BCUT2D eigenvalue weighted by atomic mass is 16.5. The zero-order chi connectivity index (χ0) is 30.6. The van der Waals surface area contributed by atoms with Crippen molar-refractivity contribution in [1.82, 2.24) is 10.6 Å². The highest BCUT2D eigenvalue weighted by Gasteiger charge is 2.28. The molecule has 0 saturated carbocycles. The summed E-state index contributed by atoms with van der Waals surface area (Å²) in [6.45, 7) is 0.694. The van der Waals surface area contributed by atoms with Gasteiger partial charge in [-0.25, -0.2) is 0 Å². The van der Waals surface area contributed by atoms with Gasteiger partial charge >= 0.3 is 0 Å². The standard InChI is InChI=1S/C34H36N4O5/c1-42-27-15-7-23(8-16-27)19-21-36-33(40)31(34(41)37-22-20-24-9-17-28(43-2)18-10-24)25-11-13-26(14-12-25)32(39)38-30-6-4-3-5-29(30)35/h3-18,31H,19-22,35H2,1-2H3,(H,36,40)(H,37,41)(H,38,39). The van der Waals surface area contributed by atoms with E-state index in [-0.39, 0.29) is 5.91 Å². The molecule has 43 heavy (non-hydrogen) atoms. The van der Waals surface area contributed by atoms with E-state index < -0.39 is 17.7 Å². The molecule has 0 radical (unpaired) electrons. The third-order valence-electron chi connectivity index (χ3n) is 6.98. The van der Waals surface area contributed by atoms with Crippen molar-refractivity contribution in [2.75, 3.05) is 38.4 Å². The number of nitrogens with one attached hydrogen (secondary N) is 3. The number of anilines is 2. The van der Waals surface area contributed by atoms with Gasteiger partial charge in [-0.1, -0.05) is 48.5 Å². The number of methoxy groups -OCH3 is 2. The van der Waals surface area contributed by atoms with Crippen LogP contribution in [0.3, 0.4) is 0 Å². The Kier molecular flexibility index (Phi) is 10.7. The van der Waals surface area contributed by atoms with E-state index in [0.29, 0.717) is 48.4 Å². The quantitative estimate of drug-likeness (QED) is 0.137. The molecule has 0 spiro atoms. The van der Waals surface area contributed by atoms with Gasteiger partial charge in [-0.3, -0.25) is 14.4 Å². The second kappa shape index (κ2) is 15.1. The van der Waals surface area contributed by atoms with Gasteiger partial charge < -0.3 is 31.2 Å². The fourth-order valence-electron chi connectivity index (χ4n) is 4.50. The summed E-state index contributed by atoms with van der Waals surface area (Å²) in [7, 11) is 3.21. The molecule has 0 aliphatic carbocycles. The van der Waals surface area contributed by atoms with E-state index in [1.165, 1.54) is 0 Å². The van der Waals surface area contributed by atoms with Gasteiger partial charge in [-0.2, -0.15) is 0 Å². The normalized spacial score (nSPS) is 10.6.